The van der Waals surface area contributed by atoms with E-state index in [1.807, 2.05) is 0 Å². The number of halogens is 3. The highest BCUT2D eigenvalue weighted by Crippen LogP contribution is 2.28. The number of benzene rings is 1. The van der Waals surface area contributed by atoms with Crippen LogP contribution in [0.15, 0.2) is 18.2 Å². The first-order chi connectivity index (χ1) is 8.58. The molecule has 106 valence electrons. The van der Waals surface area contributed by atoms with Crippen molar-refractivity contribution in [3.8, 4) is 5.75 Å². The molecule has 0 atom stereocenters. The van der Waals surface area contributed by atoms with E-state index in [0.29, 0.717) is 0 Å². The lowest BCUT2D eigenvalue weighted by molar-refractivity contribution is -0.0429. The fourth-order valence-electron chi connectivity index (χ4n) is 1.14. The van der Waals surface area contributed by atoms with Crippen LogP contribution >= 0.6 is 0 Å². The molecule has 0 heterocycles. The highest BCUT2D eigenvalue weighted by molar-refractivity contribution is 7.93. The van der Waals surface area contributed by atoms with E-state index in [1.54, 1.807) is 0 Å². The molecule has 0 amide bonds. The van der Waals surface area contributed by atoms with Crippen molar-refractivity contribution in [1.29, 1.82) is 0 Å². The number of hydrogen-bond donors (Lipinski definition) is 2. The van der Waals surface area contributed by atoms with Gasteiger partial charge in [0.1, 0.15) is 11.3 Å². The van der Waals surface area contributed by atoms with E-state index < -0.39 is 27.2 Å². The fraction of sp³-hybridized carbons (Fsp3) is 0.222. The molecule has 1 rings (SSSR count). The smallest absolute Gasteiger partial charge is 0.496 e. The van der Waals surface area contributed by atoms with E-state index in [9.17, 15) is 26.4 Å². The molecular formula is C9H8F3NO5S. The van der Waals surface area contributed by atoms with Gasteiger partial charge in [-0.2, -0.15) is 21.6 Å². The predicted molar refractivity (Wildman–Crippen MR) is 58.6 cm³/mol. The molecule has 0 aliphatic heterocycles. The van der Waals surface area contributed by atoms with E-state index in [-0.39, 0.29) is 11.3 Å². The molecule has 0 unspecified atom stereocenters. The van der Waals surface area contributed by atoms with Gasteiger partial charge in [0.05, 0.1) is 12.8 Å². The molecule has 0 saturated heterocycles. The second-order valence-corrected chi connectivity index (χ2v) is 4.95. The molecule has 1 aromatic rings. The first kappa shape index (κ1) is 15.1. The minimum Gasteiger partial charge on any atom is -0.496 e. The third-order valence-corrected chi connectivity index (χ3v) is 3.10. The van der Waals surface area contributed by atoms with Crippen LogP contribution in [0.1, 0.15) is 10.4 Å². The van der Waals surface area contributed by atoms with Crippen LogP contribution in [-0.4, -0.2) is 32.1 Å². The number of carboxylic acid groups (broad SMARTS) is 1. The van der Waals surface area contributed by atoms with Crippen LogP contribution in [0.4, 0.5) is 18.9 Å². The molecular weight excluding hydrogens is 291 g/mol. The van der Waals surface area contributed by atoms with E-state index in [4.69, 9.17) is 5.11 Å². The molecule has 19 heavy (non-hydrogen) atoms. The van der Waals surface area contributed by atoms with Crippen LogP contribution in [0, 0.1) is 0 Å². The maximum absolute atomic E-state index is 12.1. The zero-order chi connectivity index (χ0) is 14.8. The number of alkyl halides is 3. The minimum absolute atomic E-state index is 0.269. The number of aromatic carboxylic acids is 1. The molecule has 1 aromatic carbocycles. The van der Waals surface area contributed by atoms with Crippen LogP contribution in [0.5, 0.6) is 5.75 Å². The summed E-state index contributed by atoms with van der Waals surface area (Å²) >= 11 is 0. The average molecular weight is 299 g/mol. The van der Waals surface area contributed by atoms with Crippen molar-refractivity contribution in [2.45, 2.75) is 5.51 Å². The van der Waals surface area contributed by atoms with Gasteiger partial charge in [-0.25, -0.2) is 4.79 Å². The van der Waals surface area contributed by atoms with Gasteiger partial charge in [0.15, 0.2) is 0 Å². The van der Waals surface area contributed by atoms with E-state index in [2.05, 4.69) is 4.74 Å². The van der Waals surface area contributed by atoms with E-state index in [1.165, 1.54) is 4.72 Å². The van der Waals surface area contributed by atoms with Crippen LogP contribution in [0.3, 0.4) is 0 Å². The predicted octanol–water partition coefficient (Wildman–Crippen LogP) is 1.65. The molecule has 2 N–H and O–H groups in total. The SMILES string of the molecule is COc1cc(NS(=O)(=O)C(F)(F)F)ccc1C(=O)O. The summed E-state index contributed by atoms with van der Waals surface area (Å²) in [6.07, 6.45) is 0. The van der Waals surface area contributed by atoms with Crippen LogP contribution < -0.4 is 9.46 Å². The van der Waals surface area contributed by atoms with Gasteiger partial charge in [0.2, 0.25) is 0 Å². The molecule has 0 saturated carbocycles. The summed E-state index contributed by atoms with van der Waals surface area (Å²) in [5.41, 5.74) is -6.23. The van der Waals surface area contributed by atoms with Crippen LogP contribution in [-0.2, 0) is 10.0 Å². The quantitative estimate of drug-likeness (QED) is 0.882. The Labute approximate surface area is 105 Å². The Morgan fingerprint density at radius 1 is 1.37 bits per heavy atom. The molecule has 10 heteroatoms. The molecule has 0 spiro atoms. The van der Waals surface area contributed by atoms with Crippen molar-refractivity contribution in [3.05, 3.63) is 23.8 Å². The third-order valence-electron chi connectivity index (χ3n) is 1.99. The maximum atomic E-state index is 12.1. The molecule has 6 nitrogen and oxygen atoms in total. The molecule has 0 aliphatic rings. The number of carbonyl (C=O) groups is 1. The van der Waals surface area contributed by atoms with Gasteiger partial charge in [-0.3, -0.25) is 4.72 Å². The monoisotopic (exact) mass is 299 g/mol. The van der Waals surface area contributed by atoms with Gasteiger partial charge in [-0.15, -0.1) is 0 Å². The van der Waals surface area contributed by atoms with Gasteiger partial charge in [-0.1, -0.05) is 0 Å². The Kier molecular flexibility index (Phi) is 3.94. The summed E-state index contributed by atoms with van der Waals surface area (Å²) in [6, 6.07) is 2.65. The number of carboxylic acids is 1. The zero-order valence-corrected chi connectivity index (χ0v) is 10.2. The maximum Gasteiger partial charge on any atom is 0.516 e. The lowest BCUT2D eigenvalue weighted by atomic mass is 10.2. The van der Waals surface area contributed by atoms with Crippen molar-refractivity contribution in [2.75, 3.05) is 11.8 Å². The Hall–Kier alpha value is -1.97. The summed E-state index contributed by atoms with van der Waals surface area (Å²) in [5.74, 6) is -1.63. The largest absolute Gasteiger partial charge is 0.516 e. The summed E-state index contributed by atoms with van der Waals surface area (Å²) in [5, 5.41) is 8.75. The highest BCUT2D eigenvalue weighted by atomic mass is 32.2. The molecule has 0 aromatic heterocycles. The Morgan fingerprint density at radius 2 is 1.95 bits per heavy atom. The lowest BCUT2D eigenvalue weighted by Gasteiger charge is -2.12. The first-order valence-corrected chi connectivity index (χ1v) is 6.07. The molecule has 0 bridgehead atoms. The second-order valence-electron chi connectivity index (χ2n) is 3.27. The molecule has 0 aliphatic carbocycles. The van der Waals surface area contributed by atoms with Crippen molar-refractivity contribution in [3.63, 3.8) is 0 Å². The van der Waals surface area contributed by atoms with Crippen molar-refractivity contribution in [2.24, 2.45) is 0 Å². The number of nitrogens with one attached hydrogen (secondary N) is 1. The topological polar surface area (TPSA) is 92.7 Å². The Balaban J connectivity index is 3.16. The normalized spacial score (nSPS) is 12.0. The van der Waals surface area contributed by atoms with Gasteiger partial charge in [0.25, 0.3) is 0 Å². The number of methoxy groups -OCH3 is 1. The molecule has 0 fully saturated rings. The minimum atomic E-state index is -5.56. The van der Waals surface area contributed by atoms with Gasteiger partial charge in [0, 0.05) is 6.07 Å². The first-order valence-electron chi connectivity index (χ1n) is 4.59. The lowest BCUT2D eigenvalue weighted by Crippen LogP contribution is -2.29. The van der Waals surface area contributed by atoms with Crippen molar-refractivity contribution >= 4 is 21.7 Å². The summed E-state index contributed by atoms with van der Waals surface area (Å²) in [7, 11) is -4.46. The van der Waals surface area contributed by atoms with E-state index in [0.717, 1.165) is 25.3 Å². The van der Waals surface area contributed by atoms with Gasteiger partial charge in [-0.05, 0) is 12.1 Å². The van der Waals surface area contributed by atoms with E-state index >= 15 is 0 Å². The third kappa shape index (κ3) is 3.28. The number of hydrogen-bond acceptors (Lipinski definition) is 4. The van der Waals surface area contributed by atoms with Crippen LogP contribution in [0.2, 0.25) is 0 Å². The molecule has 0 radical (unpaired) electrons. The number of anilines is 1. The summed E-state index contributed by atoms with van der Waals surface area (Å²) < 4.78 is 64.0. The average Bonchev–Trinajstić information content (AvgIpc) is 2.26. The van der Waals surface area contributed by atoms with Gasteiger partial charge < -0.3 is 9.84 Å². The van der Waals surface area contributed by atoms with Crippen molar-refractivity contribution < 1.29 is 36.2 Å². The zero-order valence-electron chi connectivity index (χ0n) is 9.35. The standard InChI is InChI=1S/C9H8F3NO5S/c1-18-7-4-5(2-3-6(7)8(14)15)13-19(16,17)9(10,11)12/h2-4,13H,1H3,(H,14,15). The van der Waals surface area contributed by atoms with Crippen molar-refractivity contribution in [1.82, 2.24) is 0 Å². The second kappa shape index (κ2) is 4.96. The summed E-state index contributed by atoms with van der Waals surface area (Å²) in [6.45, 7) is 0. The Bertz CT molecular complexity index is 596. The number of sulfonamides is 1. The van der Waals surface area contributed by atoms with Crippen LogP contribution in [0.25, 0.3) is 0 Å². The Morgan fingerprint density at radius 3 is 2.37 bits per heavy atom. The van der Waals surface area contributed by atoms with Gasteiger partial charge >= 0.3 is 21.5 Å². The summed E-state index contributed by atoms with van der Waals surface area (Å²) in [4.78, 5) is 10.7. The number of ether oxygens (including phenoxy) is 1. The number of rotatable bonds is 4. The fourth-order valence-corrected chi connectivity index (χ4v) is 1.70. The highest BCUT2D eigenvalue weighted by Gasteiger charge is 2.46.